The third-order valence-electron chi connectivity index (χ3n) is 3.41. The number of carbonyl (C=O) groups is 1. The first-order valence-corrected chi connectivity index (χ1v) is 7.66. The van der Waals surface area contributed by atoms with E-state index in [1.54, 1.807) is 13.0 Å². The fraction of sp³-hybridized carbons (Fsp3) is 0.278. The highest BCUT2D eigenvalue weighted by molar-refractivity contribution is 6.34. The zero-order valence-electron chi connectivity index (χ0n) is 12.5. The molecule has 2 rings (SSSR count). The molecule has 0 aliphatic carbocycles. The Morgan fingerprint density at radius 1 is 1.23 bits per heavy atom. The van der Waals surface area contributed by atoms with Crippen molar-refractivity contribution in [2.24, 2.45) is 0 Å². The minimum Gasteiger partial charge on any atom is -0.466 e. The molecule has 0 aliphatic rings. The van der Waals surface area contributed by atoms with Gasteiger partial charge in [0.15, 0.2) is 0 Å². The monoisotopic (exact) mass is 318 g/mol. The van der Waals surface area contributed by atoms with Gasteiger partial charge in [-0.25, -0.2) is 0 Å². The summed E-state index contributed by atoms with van der Waals surface area (Å²) >= 11 is 6.33. The Balaban J connectivity index is 2.20. The zero-order chi connectivity index (χ0) is 15.9. The van der Waals surface area contributed by atoms with Crippen molar-refractivity contribution in [1.82, 2.24) is 0 Å². The van der Waals surface area contributed by atoms with E-state index in [0.717, 1.165) is 16.7 Å². The lowest BCUT2D eigenvalue weighted by atomic mass is 9.99. The first-order chi connectivity index (χ1) is 10.7. The van der Waals surface area contributed by atoms with Crippen LogP contribution < -0.4 is 0 Å². The third kappa shape index (κ3) is 4.09. The lowest BCUT2D eigenvalue weighted by Gasteiger charge is -2.10. The van der Waals surface area contributed by atoms with E-state index >= 15 is 0 Å². The molecule has 0 bridgehead atoms. The van der Waals surface area contributed by atoms with E-state index in [1.807, 2.05) is 36.4 Å². The van der Waals surface area contributed by atoms with Gasteiger partial charge < -0.3 is 9.84 Å². The highest BCUT2D eigenvalue weighted by Gasteiger charge is 2.09. The van der Waals surface area contributed by atoms with Crippen molar-refractivity contribution >= 4 is 17.6 Å². The fourth-order valence-electron chi connectivity index (χ4n) is 2.30. The van der Waals surface area contributed by atoms with Crippen LogP contribution in [0.25, 0.3) is 11.1 Å². The van der Waals surface area contributed by atoms with Crippen molar-refractivity contribution in [1.29, 1.82) is 0 Å². The lowest BCUT2D eigenvalue weighted by Crippen LogP contribution is -2.05. The molecule has 0 radical (unpaired) electrons. The molecule has 2 aromatic carbocycles. The largest absolute Gasteiger partial charge is 0.466 e. The quantitative estimate of drug-likeness (QED) is 0.819. The van der Waals surface area contributed by atoms with Crippen LogP contribution >= 0.6 is 11.6 Å². The molecule has 0 aliphatic heterocycles. The second kappa shape index (κ2) is 7.97. The number of ether oxygens (including phenoxy) is 1. The van der Waals surface area contributed by atoms with Gasteiger partial charge in [0.05, 0.1) is 18.2 Å². The number of rotatable bonds is 6. The van der Waals surface area contributed by atoms with Crippen molar-refractivity contribution in [2.75, 3.05) is 6.61 Å². The minimum absolute atomic E-state index is 0.0881. The van der Waals surface area contributed by atoms with Crippen LogP contribution in [0.2, 0.25) is 5.02 Å². The van der Waals surface area contributed by atoms with Crippen molar-refractivity contribution in [2.45, 2.75) is 26.4 Å². The minimum atomic E-state index is -0.187. The highest BCUT2D eigenvalue weighted by atomic mass is 35.5. The molecule has 22 heavy (non-hydrogen) atoms. The Morgan fingerprint density at radius 2 is 2.00 bits per heavy atom. The second-order valence-electron chi connectivity index (χ2n) is 4.94. The van der Waals surface area contributed by atoms with Crippen LogP contribution in [-0.4, -0.2) is 17.7 Å². The molecule has 0 unspecified atom stereocenters. The Morgan fingerprint density at radius 3 is 2.73 bits per heavy atom. The Kier molecular flexibility index (Phi) is 5.99. The lowest BCUT2D eigenvalue weighted by molar-refractivity contribution is -0.143. The number of carbonyl (C=O) groups excluding carboxylic acids is 1. The summed E-state index contributed by atoms with van der Waals surface area (Å²) in [5.74, 6) is -0.187. The molecule has 0 saturated heterocycles. The Labute approximate surface area is 135 Å². The van der Waals surface area contributed by atoms with Crippen molar-refractivity contribution in [3.63, 3.8) is 0 Å². The number of aliphatic hydroxyl groups excluding tert-OH is 1. The van der Waals surface area contributed by atoms with E-state index in [2.05, 4.69) is 0 Å². The molecule has 0 fully saturated rings. The average molecular weight is 319 g/mol. The number of aliphatic hydroxyl groups is 1. The third-order valence-corrected chi connectivity index (χ3v) is 3.86. The number of hydrogen-bond acceptors (Lipinski definition) is 3. The van der Waals surface area contributed by atoms with Gasteiger partial charge in [-0.2, -0.15) is 0 Å². The Bertz CT molecular complexity index is 653. The Hall–Kier alpha value is -1.84. The molecule has 1 N–H and O–H groups in total. The van der Waals surface area contributed by atoms with Gasteiger partial charge in [-0.05, 0) is 30.0 Å². The SMILES string of the molecule is CCOC(=O)CCc1cccc(-c2cccc(CO)c2Cl)c1. The van der Waals surface area contributed by atoms with E-state index < -0.39 is 0 Å². The summed E-state index contributed by atoms with van der Waals surface area (Å²) in [6.07, 6.45) is 0.992. The molecule has 3 nitrogen and oxygen atoms in total. The first kappa shape index (κ1) is 16.5. The smallest absolute Gasteiger partial charge is 0.306 e. The predicted octanol–water partition coefficient (Wildman–Crippen LogP) is 4.00. The molecule has 0 amide bonds. The van der Waals surface area contributed by atoms with E-state index in [4.69, 9.17) is 16.3 Å². The maximum atomic E-state index is 11.4. The van der Waals surface area contributed by atoms with Crippen LogP contribution in [0.4, 0.5) is 0 Å². The molecule has 0 aromatic heterocycles. The van der Waals surface area contributed by atoms with Gasteiger partial charge >= 0.3 is 5.97 Å². The van der Waals surface area contributed by atoms with Crippen LogP contribution in [0.1, 0.15) is 24.5 Å². The zero-order valence-corrected chi connectivity index (χ0v) is 13.3. The predicted molar refractivity (Wildman–Crippen MR) is 87.8 cm³/mol. The molecule has 2 aromatic rings. The summed E-state index contributed by atoms with van der Waals surface area (Å²) in [4.78, 5) is 11.4. The number of benzene rings is 2. The molecule has 0 heterocycles. The molecule has 4 heteroatoms. The van der Waals surface area contributed by atoms with Crippen LogP contribution in [-0.2, 0) is 22.6 Å². The maximum absolute atomic E-state index is 11.4. The summed E-state index contributed by atoms with van der Waals surface area (Å²) in [5, 5.41) is 9.87. The molecule has 0 spiro atoms. The number of halogens is 1. The van der Waals surface area contributed by atoms with Gasteiger partial charge in [-0.1, -0.05) is 54.1 Å². The van der Waals surface area contributed by atoms with Crippen LogP contribution in [0.5, 0.6) is 0 Å². The maximum Gasteiger partial charge on any atom is 0.306 e. The number of esters is 1. The van der Waals surface area contributed by atoms with E-state index in [0.29, 0.717) is 30.0 Å². The highest BCUT2D eigenvalue weighted by Crippen LogP contribution is 2.31. The van der Waals surface area contributed by atoms with E-state index in [-0.39, 0.29) is 12.6 Å². The molecule has 0 atom stereocenters. The van der Waals surface area contributed by atoms with E-state index in [9.17, 15) is 9.90 Å². The summed E-state index contributed by atoms with van der Waals surface area (Å²) in [6.45, 7) is 2.12. The average Bonchev–Trinajstić information content (AvgIpc) is 2.54. The molecule has 116 valence electrons. The molecule has 0 saturated carbocycles. The van der Waals surface area contributed by atoms with Gasteiger partial charge in [0.1, 0.15) is 0 Å². The van der Waals surface area contributed by atoms with E-state index in [1.165, 1.54) is 0 Å². The summed E-state index contributed by atoms with van der Waals surface area (Å²) in [6, 6.07) is 13.5. The first-order valence-electron chi connectivity index (χ1n) is 7.29. The van der Waals surface area contributed by atoms with Crippen LogP contribution in [0.3, 0.4) is 0 Å². The number of hydrogen-bond donors (Lipinski definition) is 1. The summed E-state index contributed by atoms with van der Waals surface area (Å²) in [7, 11) is 0. The molecular formula is C18H19ClO3. The van der Waals surface area contributed by atoms with Gasteiger partial charge in [-0.15, -0.1) is 0 Å². The normalized spacial score (nSPS) is 10.5. The summed E-state index contributed by atoms with van der Waals surface area (Å²) in [5.41, 5.74) is 3.61. The van der Waals surface area contributed by atoms with Gasteiger partial charge in [0, 0.05) is 12.0 Å². The fourth-order valence-corrected chi connectivity index (χ4v) is 2.59. The number of aryl methyl sites for hydroxylation is 1. The van der Waals surface area contributed by atoms with Crippen molar-refractivity contribution in [3.8, 4) is 11.1 Å². The van der Waals surface area contributed by atoms with Crippen LogP contribution in [0, 0.1) is 0 Å². The van der Waals surface area contributed by atoms with Gasteiger partial charge in [-0.3, -0.25) is 4.79 Å². The molecular weight excluding hydrogens is 300 g/mol. The second-order valence-corrected chi connectivity index (χ2v) is 5.32. The standard InChI is InChI=1S/C18H19ClO3/c1-2-22-17(21)10-9-13-5-3-6-14(11-13)16-8-4-7-15(12-20)18(16)19/h3-8,11,20H,2,9-10,12H2,1H3. The van der Waals surface area contributed by atoms with Gasteiger partial charge in [0.2, 0.25) is 0 Å². The summed E-state index contributed by atoms with van der Waals surface area (Å²) < 4.78 is 4.94. The van der Waals surface area contributed by atoms with Crippen LogP contribution in [0.15, 0.2) is 42.5 Å². The topological polar surface area (TPSA) is 46.5 Å². The van der Waals surface area contributed by atoms with Crippen molar-refractivity contribution < 1.29 is 14.6 Å². The van der Waals surface area contributed by atoms with Crippen molar-refractivity contribution in [3.05, 3.63) is 58.6 Å². The van der Waals surface area contributed by atoms with Gasteiger partial charge in [0.25, 0.3) is 0 Å².